The van der Waals surface area contributed by atoms with Crippen LogP contribution in [0.2, 0.25) is 0 Å². The summed E-state index contributed by atoms with van der Waals surface area (Å²) >= 11 is 1.63. The molecule has 2 rings (SSSR count). The van der Waals surface area contributed by atoms with Crippen LogP contribution < -0.4 is 0 Å². The number of nitrogens with zero attached hydrogens (tertiary/aromatic N) is 2. The number of morpholine rings is 1. The average molecular weight is 355 g/mol. The van der Waals surface area contributed by atoms with Gasteiger partial charge in [-0.25, -0.2) is 4.79 Å². The van der Waals surface area contributed by atoms with Crippen LogP contribution in [-0.2, 0) is 9.53 Å². The predicted molar refractivity (Wildman–Crippen MR) is 98.9 cm³/mol. The van der Waals surface area contributed by atoms with Gasteiger partial charge < -0.3 is 14.7 Å². The van der Waals surface area contributed by atoms with Crippen LogP contribution in [0.25, 0.3) is 0 Å². The van der Waals surface area contributed by atoms with Crippen LogP contribution >= 0.6 is 11.8 Å². The van der Waals surface area contributed by atoms with E-state index >= 15 is 0 Å². The zero-order valence-electron chi connectivity index (χ0n) is 15.5. The molecule has 0 saturated carbocycles. The van der Waals surface area contributed by atoms with Crippen molar-refractivity contribution in [3.05, 3.63) is 22.3 Å². The number of carboxylic acids is 1. The highest BCUT2D eigenvalue weighted by Crippen LogP contribution is 2.37. The van der Waals surface area contributed by atoms with E-state index in [4.69, 9.17) is 4.74 Å². The van der Waals surface area contributed by atoms with E-state index in [2.05, 4.69) is 43.6 Å². The van der Waals surface area contributed by atoms with Crippen molar-refractivity contribution >= 4 is 17.7 Å². The molecule has 0 spiro atoms. The highest BCUT2D eigenvalue weighted by molar-refractivity contribution is 8.03. The third kappa shape index (κ3) is 4.55. The van der Waals surface area contributed by atoms with Gasteiger partial charge in [0, 0.05) is 19.6 Å². The first kappa shape index (κ1) is 19.3. The number of rotatable bonds is 5. The summed E-state index contributed by atoms with van der Waals surface area (Å²) in [5, 5.41) is 10.6. The Balaban J connectivity index is 2.45. The molecule has 0 aliphatic carbocycles. The Bertz CT molecular complexity index is 531. The lowest BCUT2D eigenvalue weighted by Crippen LogP contribution is -2.54. The van der Waals surface area contributed by atoms with Gasteiger partial charge in [-0.2, -0.15) is 0 Å². The molecule has 2 aliphatic rings. The summed E-state index contributed by atoms with van der Waals surface area (Å²) in [6, 6.07) is 0. The number of thioether (sulfide) groups is 1. The van der Waals surface area contributed by atoms with Gasteiger partial charge in [0.15, 0.2) is 0 Å². The Hall–Kier alpha value is -0.980. The lowest BCUT2D eigenvalue weighted by molar-refractivity contribution is -0.132. The number of carboxylic acid groups (broad SMARTS) is 1. The summed E-state index contributed by atoms with van der Waals surface area (Å²) in [5.74, 6) is 0.0228. The van der Waals surface area contributed by atoms with E-state index in [1.807, 2.05) is 6.92 Å². The second kappa shape index (κ2) is 7.93. The van der Waals surface area contributed by atoms with E-state index < -0.39 is 5.97 Å². The third-order valence-electron chi connectivity index (χ3n) is 4.15. The van der Waals surface area contributed by atoms with Crippen LogP contribution in [0, 0.1) is 5.41 Å². The molecule has 0 bridgehead atoms. The molecule has 5 nitrogen and oxygen atoms in total. The molecule has 136 valence electrons. The number of hydrogen-bond acceptors (Lipinski definition) is 5. The van der Waals surface area contributed by atoms with Gasteiger partial charge in [-0.1, -0.05) is 27.7 Å². The number of aliphatic carboxylic acids is 1. The molecule has 1 atom stereocenters. The highest BCUT2D eigenvalue weighted by Gasteiger charge is 2.36. The van der Waals surface area contributed by atoms with Crippen LogP contribution in [0.3, 0.4) is 0 Å². The van der Waals surface area contributed by atoms with Crippen molar-refractivity contribution in [2.45, 2.75) is 40.8 Å². The van der Waals surface area contributed by atoms with E-state index in [0.29, 0.717) is 5.57 Å². The maximum atomic E-state index is 11.9. The molecule has 2 heterocycles. The molecule has 0 aromatic heterocycles. The summed E-state index contributed by atoms with van der Waals surface area (Å²) in [7, 11) is 0. The molecule has 1 unspecified atom stereocenters. The topological polar surface area (TPSA) is 53.0 Å². The van der Waals surface area contributed by atoms with Crippen LogP contribution in [0.5, 0.6) is 0 Å². The van der Waals surface area contributed by atoms with E-state index in [0.717, 1.165) is 49.2 Å². The lowest BCUT2D eigenvalue weighted by atomic mass is 9.94. The third-order valence-corrected chi connectivity index (χ3v) is 5.15. The molecule has 24 heavy (non-hydrogen) atoms. The zero-order valence-corrected chi connectivity index (χ0v) is 16.3. The molecule has 6 heteroatoms. The summed E-state index contributed by atoms with van der Waals surface area (Å²) < 4.78 is 5.50. The smallest absolute Gasteiger partial charge is 0.338 e. The summed E-state index contributed by atoms with van der Waals surface area (Å²) in [6.45, 7) is 14.6. The first-order valence-electron chi connectivity index (χ1n) is 8.62. The Kier molecular flexibility index (Phi) is 6.39. The van der Waals surface area contributed by atoms with Crippen molar-refractivity contribution in [1.82, 2.24) is 9.80 Å². The van der Waals surface area contributed by atoms with Crippen LogP contribution in [0.15, 0.2) is 22.3 Å². The van der Waals surface area contributed by atoms with Crippen molar-refractivity contribution < 1.29 is 14.6 Å². The van der Waals surface area contributed by atoms with Gasteiger partial charge in [0.1, 0.15) is 6.17 Å². The van der Waals surface area contributed by atoms with Gasteiger partial charge in [-0.15, -0.1) is 11.8 Å². The minimum absolute atomic E-state index is 0.0762. The fourth-order valence-electron chi connectivity index (χ4n) is 3.20. The lowest BCUT2D eigenvalue weighted by Gasteiger charge is -2.46. The second-order valence-electron chi connectivity index (χ2n) is 7.52. The zero-order chi connectivity index (χ0) is 17.9. The SMILES string of the molecule is CCSC1=C(C(=O)O)C(C)=CC(N2CCOCC2)N1CC(C)(C)C. The van der Waals surface area contributed by atoms with Crippen molar-refractivity contribution in [2.24, 2.45) is 5.41 Å². The molecule has 1 saturated heterocycles. The summed E-state index contributed by atoms with van der Waals surface area (Å²) in [4.78, 5) is 16.6. The molecule has 1 N–H and O–H groups in total. The van der Waals surface area contributed by atoms with E-state index in [1.54, 1.807) is 11.8 Å². The molecule has 1 fully saturated rings. The van der Waals surface area contributed by atoms with Crippen LogP contribution in [0.4, 0.5) is 0 Å². The minimum atomic E-state index is -0.834. The fraction of sp³-hybridized carbons (Fsp3) is 0.722. The molecule has 0 aromatic carbocycles. The monoisotopic (exact) mass is 354 g/mol. The van der Waals surface area contributed by atoms with Gasteiger partial charge in [0.25, 0.3) is 0 Å². The molecule has 0 radical (unpaired) electrons. The van der Waals surface area contributed by atoms with Gasteiger partial charge in [-0.05, 0) is 29.7 Å². The maximum Gasteiger partial charge on any atom is 0.338 e. The Morgan fingerprint density at radius 3 is 2.50 bits per heavy atom. The first-order valence-corrected chi connectivity index (χ1v) is 9.60. The quantitative estimate of drug-likeness (QED) is 0.819. The Morgan fingerprint density at radius 2 is 2.00 bits per heavy atom. The fourth-order valence-corrected chi connectivity index (χ4v) is 4.21. The summed E-state index contributed by atoms with van der Waals surface area (Å²) in [6.07, 6.45) is 2.21. The standard InChI is InChI=1S/C18H30N2O3S/c1-6-24-16-15(17(21)22)13(2)11-14(19-7-9-23-10-8-19)20(16)12-18(3,4)5/h11,14H,6-10,12H2,1-5H3,(H,21,22). The number of carbonyl (C=O) groups is 1. The highest BCUT2D eigenvalue weighted by atomic mass is 32.2. The van der Waals surface area contributed by atoms with E-state index in [-0.39, 0.29) is 11.6 Å². The van der Waals surface area contributed by atoms with Crippen LogP contribution in [0.1, 0.15) is 34.6 Å². The van der Waals surface area contributed by atoms with Gasteiger partial charge in [0.05, 0.1) is 23.8 Å². The molecular weight excluding hydrogens is 324 g/mol. The Morgan fingerprint density at radius 1 is 1.38 bits per heavy atom. The molecule has 0 aromatic rings. The molecular formula is C18H30N2O3S. The van der Waals surface area contributed by atoms with Gasteiger partial charge in [-0.3, -0.25) is 4.90 Å². The van der Waals surface area contributed by atoms with Gasteiger partial charge in [0.2, 0.25) is 0 Å². The normalized spacial score (nSPS) is 23.5. The minimum Gasteiger partial charge on any atom is -0.478 e. The van der Waals surface area contributed by atoms with Crippen molar-refractivity contribution in [1.29, 1.82) is 0 Å². The van der Waals surface area contributed by atoms with Crippen molar-refractivity contribution in [2.75, 3.05) is 38.6 Å². The predicted octanol–water partition coefficient (Wildman–Crippen LogP) is 3.00. The number of ether oxygens (including phenoxy) is 1. The second-order valence-corrected chi connectivity index (χ2v) is 8.77. The first-order chi connectivity index (χ1) is 11.2. The average Bonchev–Trinajstić information content (AvgIpc) is 2.49. The van der Waals surface area contributed by atoms with E-state index in [9.17, 15) is 9.90 Å². The number of hydrogen-bond donors (Lipinski definition) is 1. The molecule has 0 amide bonds. The maximum absolute atomic E-state index is 11.9. The summed E-state index contributed by atoms with van der Waals surface area (Å²) in [5.41, 5.74) is 1.39. The van der Waals surface area contributed by atoms with E-state index in [1.165, 1.54) is 0 Å². The largest absolute Gasteiger partial charge is 0.478 e. The molecule has 2 aliphatic heterocycles. The van der Waals surface area contributed by atoms with Crippen LogP contribution in [-0.4, -0.2) is 65.6 Å². The van der Waals surface area contributed by atoms with Gasteiger partial charge >= 0.3 is 5.97 Å². The van der Waals surface area contributed by atoms with Crippen molar-refractivity contribution in [3.63, 3.8) is 0 Å². The Labute approximate surface area is 149 Å². The van der Waals surface area contributed by atoms with Crippen molar-refractivity contribution in [3.8, 4) is 0 Å².